The van der Waals surface area contributed by atoms with Gasteiger partial charge in [-0.3, -0.25) is 19.1 Å². The lowest BCUT2D eigenvalue weighted by Crippen LogP contribution is -2.17. The molecule has 1 aliphatic rings. The van der Waals surface area contributed by atoms with Gasteiger partial charge in [-0.15, -0.1) is 11.6 Å². The van der Waals surface area contributed by atoms with Crippen molar-refractivity contribution in [3.05, 3.63) is 58.3 Å². The Balaban J connectivity index is 2.24. The minimum atomic E-state index is -0.475. The van der Waals surface area contributed by atoms with Gasteiger partial charge in [0.25, 0.3) is 5.56 Å². The third kappa shape index (κ3) is 3.12. The Labute approximate surface area is 144 Å². The van der Waals surface area contributed by atoms with E-state index in [0.29, 0.717) is 17.0 Å². The predicted molar refractivity (Wildman–Crippen MR) is 92.9 cm³/mol. The van der Waals surface area contributed by atoms with Crippen LogP contribution in [0.15, 0.2) is 41.6 Å². The van der Waals surface area contributed by atoms with E-state index in [9.17, 15) is 9.59 Å². The first kappa shape index (κ1) is 16.5. The van der Waals surface area contributed by atoms with Crippen molar-refractivity contribution < 1.29 is 9.53 Å². The van der Waals surface area contributed by atoms with Gasteiger partial charge in [0.1, 0.15) is 5.75 Å². The van der Waals surface area contributed by atoms with E-state index in [1.54, 1.807) is 31.6 Å². The van der Waals surface area contributed by atoms with Crippen LogP contribution in [0.5, 0.6) is 5.75 Å². The molecule has 124 valence electrons. The van der Waals surface area contributed by atoms with Crippen LogP contribution in [0, 0.1) is 0 Å². The Morgan fingerprint density at radius 3 is 2.75 bits per heavy atom. The van der Waals surface area contributed by atoms with Gasteiger partial charge in [-0.1, -0.05) is 0 Å². The Bertz CT molecular complexity index is 882. The molecule has 1 heterocycles. The molecule has 0 spiro atoms. The van der Waals surface area contributed by atoms with Crippen molar-refractivity contribution in [2.75, 3.05) is 7.11 Å². The van der Waals surface area contributed by atoms with E-state index in [2.05, 4.69) is 4.98 Å². The molecule has 1 aromatic carbocycles. The molecule has 1 fully saturated rings. The van der Waals surface area contributed by atoms with E-state index in [4.69, 9.17) is 16.3 Å². The van der Waals surface area contributed by atoms with E-state index < -0.39 is 4.87 Å². The highest BCUT2D eigenvalue weighted by Crippen LogP contribution is 2.55. The second-order valence-electron chi connectivity index (χ2n) is 5.81. The van der Waals surface area contributed by atoms with E-state index in [0.717, 1.165) is 18.4 Å². The molecule has 0 bridgehead atoms. The summed E-state index contributed by atoms with van der Waals surface area (Å²) in [6, 6.07) is 3.66. The van der Waals surface area contributed by atoms with Crippen molar-refractivity contribution in [2.45, 2.75) is 24.6 Å². The minimum absolute atomic E-state index is 0.0721. The van der Waals surface area contributed by atoms with Gasteiger partial charge in [-0.25, -0.2) is 0 Å². The first-order chi connectivity index (χ1) is 11.4. The monoisotopic (exact) mass is 344 g/mol. The van der Waals surface area contributed by atoms with Gasteiger partial charge in [0, 0.05) is 29.2 Å². The van der Waals surface area contributed by atoms with Crippen LogP contribution in [-0.4, -0.2) is 22.4 Å². The topological polar surface area (TPSA) is 61.2 Å². The molecule has 0 amide bonds. The first-order valence-electron chi connectivity index (χ1n) is 7.58. The largest absolute Gasteiger partial charge is 0.496 e. The number of carbonyl (C=O) groups is 1. The van der Waals surface area contributed by atoms with Gasteiger partial charge in [0.2, 0.25) is 0 Å². The molecule has 1 aromatic heterocycles. The van der Waals surface area contributed by atoms with Gasteiger partial charge in [0.05, 0.1) is 18.2 Å². The Morgan fingerprint density at radius 1 is 1.42 bits per heavy atom. The lowest BCUT2D eigenvalue weighted by Gasteiger charge is -2.18. The molecule has 1 saturated carbocycles. The number of benzene rings is 1. The third-order valence-electron chi connectivity index (χ3n) is 3.98. The van der Waals surface area contributed by atoms with Crippen LogP contribution in [0.3, 0.4) is 0 Å². The number of hydrogen-bond donors (Lipinski definition) is 0. The predicted octanol–water partition coefficient (Wildman–Crippen LogP) is 3.07. The summed E-state index contributed by atoms with van der Waals surface area (Å²) in [4.78, 5) is 26.7. The highest BCUT2D eigenvalue weighted by molar-refractivity contribution is 6.26. The van der Waals surface area contributed by atoms with E-state index in [-0.39, 0.29) is 11.3 Å². The van der Waals surface area contributed by atoms with Crippen LogP contribution in [0.4, 0.5) is 0 Å². The average molecular weight is 345 g/mol. The Hall–Kier alpha value is -2.40. The number of hydrogen-bond acceptors (Lipinski definition) is 4. The smallest absolute Gasteiger partial charge is 0.273 e. The van der Waals surface area contributed by atoms with Crippen LogP contribution in [0.2, 0.25) is 0 Å². The number of alkyl halides is 1. The summed E-state index contributed by atoms with van der Waals surface area (Å²) in [5.74, 6) is 0.558. The highest BCUT2D eigenvalue weighted by Gasteiger charge is 2.45. The number of carbonyl (C=O) groups excluding carboxylic acids is 1. The maximum atomic E-state index is 12.1. The van der Waals surface area contributed by atoms with Gasteiger partial charge < -0.3 is 4.74 Å². The molecule has 24 heavy (non-hydrogen) atoms. The van der Waals surface area contributed by atoms with Gasteiger partial charge in [-0.05, 0) is 44.1 Å². The number of ketones is 1. The second-order valence-corrected chi connectivity index (χ2v) is 6.53. The van der Waals surface area contributed by atoms with Crippen molar-refractivity contribution in [3.8, 4) is 11.4 Å². The summed E-state index contributed by atoms with van der Waals surface area (Å²) in [5.41, 5.74) is 1.95. The van der Waals surface area contributed by atoms with Crippen molar-refractivity contribution in [3.63, 3.8) is 0 Å². The van der Waals surface area contributed by atoms with Crippen LogP contribution in [0.25, 0.3) is 11.8 Å². The quantitative estimate of drug-likeness (QED) is 0.617. The molecule has 0 radical (unpaired) electrons. The van der Waals surface area contributed by atoms with E-state index >= 15 is 0 Å². The molecule has 5 nitrogen and oxygen atoms in total. The molecular formula is C18H17ClN2O3. The summed E-state index contributed by atoms with van der Waals surface area (Å²) in [5, 5.41) is 0. The number of methoxy groups -OCH3 is 1. The van der Waals surface area contributed by atoms with Gasteiger partial charge >= 0.3 is 0 Å². The molecule has 0 N–H and O–H groups in total. The van der Waals surface area contributed by atoms with Crippen LogP contribution >= 0.6 is 11.6 Å². The fraction of sp³-hybridized carbons (Fsp3) is 0.278. The lowest BCUT2D eigenvalue weighted by molar-refractivity contribution is -0.112. The fourth-order valence-corrected chi connectivity index (χ4v) is 2.84. The molecule has 3 rings (SSSR count). The molecule has 2 aromatic rings. The maximum Gasteiger partial charge on any atom is 0.273 e. The zero-order chi connectivity index (χ0) is 17.3. The number of allylic oxidation sites excluding steroid dienone is 1. The van der Waals surface area contributed by atoms with Gasteiger partial charge in [-0.2, -0.15) is 0 Å². The summed E-state index contributed by atoms with van der Waals surface area (Å²) in [7, 11) is 1.57. The molecule has 6 heteroatoms. The molecular weight excluding hydrogens is 328 g/mol. The first-order valence-corrected chi connectivity index (χ1v) is 7.95. The minimum Gasteiger partial charge on any atom is -0.496 e. The third-order valence-corrected chi connectivity index (χ3v) is 4.56. The standard InChI is InChI=1S/C18H17ClN2O3/c1-12(22)3-4-13-9-14(21-8-7-20-11-16(21)23)10-15(17(13)24-2)18(19)5-6-18/h3-4,7-11H,5-6H2,1-2H3/b4-3+. The highest BCUT2D eigenvalue weighted by atomic mass is 35.5. The van der Waals surface area contributed by atoms with Crippen molar-refractivity contribution in [1.82, 2.24) is 9.55 Å². The zero-order valence-corrected chi connectivity index (χ0v) is 14.2. The van der Waals surface area contributed by atoms with E-state index in [1.807, 2.05) is 6.07 Å². The number of halogens is 1. The van der Waals surface area contributed by atoms with Crippen molar-refractivity contribution in [1.29, 1.82) is 0 Å². The Morgan fingerprint density at radius 2 is 2.17 bits per heavy atom. The second kappa shape index (κ2) is 6.24. The average Bonchev–Trinajstić information content (AvgIpc) is 3.31. The molecule has 0 aliphatic heterocycles. The normalized spacial score (nSPS) is 15.5. The fourth-order valence-electron chi connectivity index (χ4n) is 2.61. The van der Waals surface area contributed by atoms with Crippen LogP contribution in [-0.2, 0) is 9.67 Å². The van der Waals surface area contributed by atoms with E-state index in [1.165, 1.54) is 23.8 Å². The van der Waals surface area contributed by atoms with Gasteiger partial charge in [0.15, 0.2) is 5.78 Å². The number of nitrogens with zero attached hydrogens (tertiary/aromatic N) is 2. The van der Waals surface area contributed by atoms with Crippen molar-refractivity contribution in [2.24, 2.45) is 0 Å². The summed E-state index contributed by atoms with van der Waals surface area (Å²) in [6.45, 7) is 1.48. The number of ether oxygens (including phenoxy) is 1. The van der Waals surface area contributed by atoms with Crippen molar-refractivity contribution >= 4 is 23.5 Å². The lowest BCUT2D eigenvalue weighted by atomic mass is 10.0. The molecule has 0 unspecified atom stereocenters. The summed E-state index contributed by atoms with van der Waals surface area (Å²) >= 11 is 6.62. The summed E-state index contributed by atoms with van der Waals surface area (Å²) in [6.07, 6.45) is 9.23. The molecule has 0 saturated heterocycles. The zero-order valence-electron chi connectivity index (χ0n) is 13.5. The number of aromatic nitrogens is 2. The summed E-state index contributed by atoms with van der Waals surface area (Å²) < 4.78 is 7.04. The van der Waals surface area contributed by atoms with Crippen LogP contribution in [0.1, 0.15) is 30.9 Å². The number of rotatable bonds is 5. The maximum absolute atomic E-state index is 12.1. The molecule has 0 atom stereocenters. The van der Waals surface area contributed by atoms with Crippen LogP contribution < -0.4 is 10.3 Å². The SMILES string of the molecule is COc1c(/C=C/C(C)=O)cc(-n2ccncc2=O)cc1C1(Cl)CC1. The Kier molecular flexibility index (Phi) is 4.28. The molecule has 1 aliphatic carbocycles.